The molecule has 3 rings (SSSR count). The fraction of sp³-hybridized carbons (Fsp3) is 0.235. The summed E-state index contributed by atoms with van der Waals surface area (Å²) in [5, 5.41) is 4.37. The first-order valence-electron chi connectivity index (χ1n) is 7.25. The van der Waals surface area contributed by atoms with E-state index >= 15 is 0 Å². The normalized spacial score (nSPS) is 10.7. The van der Waals surface area contributed by atoms with Crippen molar-refractivity contribution in [2.24, 2.45) is 0 Å². The van der Waals surface area contributed by atoms with E-state index < -0.39 is 0 Å². The number of para-hydroxylation sites is 1. The van der Waals surface area contributed by atoms with E-state index in [1.54, 1.807) is 6.20 Å². The van der Waals surface area contributed by atoms with Gasteiger partial charge in [0, 0.05) is 30.2 Å². The van der Waals surface area contributed by atoms with E-state index in [1.165, 1.54) is 0 Å². The molecule has 0 bridgehead atoms. The van der Waals surface area contributed by atoms with Crippen LogP contribution in [0.1, 0.15) is 24.7 Å². The summed E-state index contributed by atoms with van der Waals surface area (Å²) >= 11 is 0. The number of benzene rings is 1. The van der Waals surface area contributed by atoms with Crippen molar-refractivity contribution in [3.63, 3.8) is 0 Å². The van der Waals surface area contributed by atoms with Gasteiger partial charge >= 0.3 is 0 Å². The summed E-state index contributed by atoms with van der Waals surface area (Å²) in [4.78, 5) is 13.4. The second kappa shape index (κ2) is 6.31. The molecule has 0 spiro atoms. The highest BCUT2D eigenvalue weighted by Gasteiger charge is 2.03. The summed E-state index contributed by atoms with van der Waals surface area (Å²) < 4.78 is 0. The van der Waals surface area contributed by atoms with E-state index in [2.05, 4.69) is 45.4 Å². The number of rotatable bonds is 5. The maximum atomic E-state index is 4.68. The van der Waals surface area contributed by atoms with Crippen LogP contribution in [0.3, 0.4) is 0 Å². The van der Waals surface area contributed by atoms with Crippen molar-refractivity contribution < 1.29 is 0 Å². The zero-order chi connectivity index (χ0) is 14.5. The van der Waals surface area contributed by atoms with Gasteiger partial charge in [-0.2, -0.15) is 0 Å². The molecule has 0 saturated carbocycles. The Morgan fingerprint density at radius 1 is 0.952 bits per heavy atom. The molecule has 0 aliphatic rings. The van der Waals surface area contributed by atoms with E-state index in [0.29, 0.717) is 12.4 Å². The molecule has 4 nitrogen and oxygen atoms in total. The number of anilines is 1. The van der Waals surface area contributed by atoms with E-state index in [4.69, 9.17) is 0 Å². The third kappa shape index (κ3) is 3.34. The van der Waals surface area contributed by atoms with Crippen molar-refractivity contribution in [1.82, 2.24) is 15.0 Å². The van der Waals surface area contributed by atoms with Gasteiger partial charge in [-0.25, -0.2) is 9.97 Å². The van der Waals surface area contributed by atoms with Gasteiger partial charge in [-0.15, -0.1) is 0 Å². The summed E-state index contributed by atoms with van der Waals surface area (Å²) in [6, 6.07) is 14.2. The maximum absolute atomic E-state index is 4.68. The van der Waals surface area contributed by atoms with Gasteiger partial charge in [0.1, 0.15) is 0 Å². The molecule has 21 heavy (non-hydrogen) atoms. The molecule has 2 heterocycles. The molecule has 3 aromatic rings. The molecule has 0 aliphatic carbocycles. The minimum absolute atomic E-state index is 0.690. The summed E-state index contributed by atoms with van der Waals surface area (Å²) in [5.74, 6) is 0.690. The number of nitrogens with one attached hydrogen (secondary N) is 1. The molecule has 4 heteroatoms. The number of pyridine rings is 1. The van der Waals surface area contributed by atoms with Gasteiger partial charge in [0.25, 0.3) is 0 Å². The molecular weight excluding hydrogens is 260 g/mol. The summed E-state index contributed by atoms with van der Waals surface area (Å²) in [5.41, 5.74) is 3.02. The van der Waals surface area contributed by atoms with Gasteiger partial charge < -0.3 is 5.32 Å². The fourth-order valence-corrected chi connectivity index (χ4v) is 2.21. The second-order valence-electron chi connectivity index (χ2n) is 4.97. The van der Waals surface area contributed by atoms with Gasteiger partial charge in [-0.1, -0.05) is 31.2 Å². The fourth-order valence-electron chi connectivity index (χ4n) is 2.21. The van der Waals surface area contributed by atoms with Crippen molar-refractivity contribution in [2.45, 2.75) is 19.8 Å². The van der Waals surface area contributed by atoms with E-state index in [1.807, 2.05) is 24.3 Å². The van der Waals surface area contributed by atoms with Crippen LogP contribution in [0.15, 0.2) is 48.7 Å². The van der Waals surface area contributed by atoms with E-state index in [0.717, 1.165) is 35.3 Å². The third-order valence-corrected chi connectivity index (χ3v) is 3.26. The first-order chi connectivity index (χ1) is 10.3. The van der Waals surface area contributed by atoms with Crippen LogP contribution in [0.4, 0.5) is 5.95 Å². The van der Waals surface area contributed by atoms with E-state index in [-0.39, 0.29) is 0 Å². The number of hydrogen-bond donors (Lipinski definition) is 1. The third-order valence-electron chi connectivity index (χ3n) is 3.26. The standard InChI is InChI=1S/C17H18N4/c1-2-10-18-17-19-11-9-15(21-17)12-14-8-7-13-5-3-4-6-16(13)20-14/h3-9,11H,2,10,12H2,1H3,(H,18,19,21). The topological polar surface area (TPSA) is 50.7 Å². The summed E-state index contributed by atoms with van der Waals surface area (Å²) in [6.45, 7) is 3.01. The highest BCUT2D eigenvalue weighted by atomic mass is 15.1. The average molecular weight is 278 g/mol. The van der Waals surface area contributed by atoms with E-state index in [9.17, 15) is 0 Å². The Hall–Kier alpha value is -2.49. The lowest BCUT2D eigenvalue weighted by molar-refractivity contribution is 0.932. The minimum Gasteiger partial charge on any atom is -0.354 e. The first-order valence-corrected chi connectivity index (χ1v) is 7.25. The van der Waals surface area contributed by atoms with Gasteiger partial charge in [-0.3, -0.25) is 4.98 Å². The minimum atomic E-state index is 0.690. The highest BCUT2D eigenvalue weighted by molar-refractivity contribution is 5.78. The Balaban J connectivity index is 1.81. The molecule has 1 N–H and O–H groups in total. The number of aromatic nitrogens is 3. The van der Waals surface area contributed by atoms with Crippen molar-refractivity contribution >= 4 is 16.9 Å². The smallest absolute Gasteiger partial charge is 0.222 e. The van der Waals surface area contributed by atoms with Gasteiger partial charge in [0.2, 0.25) is 5.95 Å². The first kappa shape index (κ1) is 13.5. The average Bonchev–Trinajstić information content (AvgIpc) is 2.53. The largest absolute Gasteiger partial charge is 0.354 e. The van der Waals surface area contributed by atoms with Crippen LogP contribution in [0, 0.1) is 0 Å². The van der Waals surface area contributed by atoms with Crippen LogP contribution in [-0.4, -0.2) is 21.5 Å². The molecule has 0 unspecified atom stereocenters. The van der Waals surface area contributed by atoms with Gasteiger partial charge in [0.15, 0.2) is 0 Å². The zero-order valence-electron chi connectivity index (χ0n) is 12.1. The second-order valence-corrected chi connectivity index (χ2v) is 4.97. The molecular formula is C17H18N4. The van der Waals surface area contributed by atoms with Crippen LogP contribution in [0.2, 0.25) is 0 Å². The number of nitrogens with zero attached hydrogens (tertiary/aromatic N) is 3. The van der Waals surface area contributed by atoms with Crippen molar-refractivity contribution in [1.29, 1.82) is 0 Å². The Labute approximate surface area is 124 Å². The molecule has 0 aliphatic heterocycles. The Morgan fingerprint density at radius 3 is 2.71 bits per heavy atom. The predicted octanol–water partition coefficient (Wildman–Crippen LogP) is 3.44. The molecule has 0 radical (unpaired) electrons. The highest BCUT2D eigenvalue weighted by Crippen LogP contribution is 2.14. The predicted molar refractivity (Wildman–Crippen MR) is 85.4 cm³/mol. The monoisotopic (exact) mass is 278 g/mol. The van der Waals surface area contributed by atoms with Crippen molar-refractivity contribution in [2.75, 3.05) is 11.9 Å². The van der Waals surface area contributed by atoms with Crippen molar-refractivity contribution in [3.05, 3.63) is 60.0 Å². The zero-order valence-corrected chi connectivity index (χ0v) is 12.1. The van der Waals surface area contributed by atoms with Gasteiger partial charge in [0.05, 0.1) is 11.2 Å². The van der Waals surface area contributed by atoms with Crippen LogP contribution in [0.5, 0.6) is 0 Å². The number of fused-ring (bicyclic) bond motifs is 1. The molecule has 0 saturated heterocycles. The molecule has 1 aromatic carbocycles. The molecule has 0 atom stereocenters. The van der Waals surface area contributed by atoms with Crippen LogP contribution in [0.25, 0.3) is 10.9 Å². The van der Waals surface area contributed by atoms with Gasteiger partial charge in [-0.05, 0) is 24.6 Å². The summed E-state index contributed by atoms with van der Waals surface area (Å²) in [6.07, 6.45) is 3.56. The molecule has 2 aromatic heterocycles. The lowest BCUT2D eigenvalue weighted by Gasteiger charge is -2.06. The van der Waals surface area contributed by atoms with Crippen LogP contribution < -0.4 is 5.32 Å². The number of hydrogen-bond acceptors (Lipinski definition) is 4. The maximum Gasteiger partial charge on any atom is 0.222 e. The quantitative estimate of drug-likeness (QED) is 0.776. The summed E-state index contributed by atoms with van der Waals surface area (Å²) in [7, 11) is 0. The molecule has 106 valence electrons. The van der Waals surface area contributed by atoms with Crippen LogP contribution in [-0.2, 0) is 6.42 Å². The Kier molecular flexibility index (Phi) is 4.05. The lowest BCUT2D eigenvalue weighted by atomic mass is 10.1. The SMILES string of the molecule is CCCNc1nccc(Cc2ccc3ccccc3n2)n1. The molecule has 0 fully saturated rings. The lowest BCUT2D eigenvalue weighted by Crippen LogP contribution is -2.06. The Morgan fingerprint density at radius 2 is 1.81 bits per heavy atom. The van der Waals surface area contributed by atoms with Crippen LogP contribution >= 0.6 is 0 Å². The van der Waals surface area contributed by atoms with Crippen molar-refractivity contribution in [3.8, 4) is 0 Å². The molecule has 0 amide bonds. The Bertz CT molecular complexity index is 739.